The second-order valence-corrected chi connectivity index (χ2v) is 8.99. The number of fused-ring (bicyclic) bond motifs is 3. The van der Waals surface area contributed by atoms with Crippen LogP contribution in [0.25, 0.3) is 11.1 Å². The molecule has 1 aliphatic carbocycles. The summed E-state index contributed by atoms with van der Waals surface area (Å²) >= 11 is 2.00. The van der Waals surface area contributed by atoms with Crippen LogP contribution in [0.1, 0.15) is 27.4 Å². The van der Waals surface area contributed by atoms with Gasteiger partial charge in [-0.15, -0.1) is 0 Å². The van der Waals surface area contributed by atoms with E-state index < -0.39 is 30.6 Å². The minimum absolute atomic E-state index is 0.0731. The largest absolute Gasteiger partial charge is 0.479 e. The Morgan fingerprint density at radius 1 is 0.971 bits per heavy atom. The van der Waals surface area contributed by atoms with Crippen LogP contribution in [0.3, 0.4) is 0 Å². The number of halogens is 1. The Balaban J connectivity index is 1.41. The predicted octanol–water partition coefficient (Wildman–Crippen LogP) is 3.83. The highest BCUT2D eigenvalue weighted by atomic mass is 127. The van der Waals surface area contributed by atoms with Crippen molar-refractivity contribution in [2.45, 2.75) is 12.0 Å². The van der Waals surface area contributed by atoms with E-state index in [1.807, 2.05) is 59.0 Å². The number of carboxylic acids is 1. The third-order valence-corrected chi connectivity index (χ3v) is 6.11. The SMILES string of the molecule is O=C(Nc1cc(I)cc(C(=O)NCC(O)C(=O)O)c1)OCC1c2ccccc2-c2ccccc21. The topological polar surface area (TPSA) is 125 Å². The maximum Gasteiger partial charge on any atom is 0.411 e. The number of rotatable bonds is 7. The molecule has 0 aliphatic heterocycles. The molecule has 0 heterocycles. The van der Waals surface area contributed by atoms with Crippen LogP contribution in [0.4, 0.5) is 10.5 Å². The summed E-state index contributed by atoms with van der Waals surface area (Å²) in [5, 5.41) is 23.1. The number of amides is 2. The number of carbonyl (C=O) groups excluding carboxylic acids is 2. The van der Waals surface area contributed by atoms with Crippen LogP contribution in [0.5, 0.6) is 0 Å². The molecular formula is C25H21IN2O6. The van der Waals surface area contributed by atoms with Gasteiger partial charge in [0.15, 0.2) is 6.10 Å². The van der Waals surface area contributed by atoms with E-state index in [9.17, 15) is 19.5 Å². The first-order chi connectivity index (χ1) is 16.3. The second kappa shape index (κ2) is 10.2. The molecule has 3 aromatic carbocycles. The van der Waals surface area contributed by atoms with E-state index in [2.05, 4.69) is 22.8 Å². The minimum atomic E-state index is -1.70. The van der Waals surface area contributed by atoms with Crippen molar-refractivity contribution in [3.63, 3.8) is 0 Å². The van der Waals surface area contributed by atoms with Crippen molar-refractivity contribution in [2.75, 3.05) is 18.5 Å². The number of nitrogens with one attached hydrogen (secondary N) is 2. The van der Waals surface area contributed by atoms with Gasteiger partial charge < -0.3 is 20.3 Å². The average molecular weight is 572 g/mol. The first-order valence-corrected chi connectivity index (χ1v) is 11.5. The lowest BCUT2D eigenvalue weighted by molar-refractivity contribution is -0.146. The van der Waals surface area contributed by atoms with E-state index in [0.29, 0.717) is 9.26 Å². The van der Waals surface area contributed by atoms with Crippen molar-refractivity contribution in [1.82, 2.24) is 5.32 Å². The summed E-state index contributed by atoms with van der Waals surface area (Å²) in [5.41, 5.74) is 5.04. The van der Waals surface area contributed by atoms with E-state index in [1.54, 1.807) is 12.1 Å². The maximum atomic E-state index is 12.5. The van der Waals surface area contributed by atoms with Gasteiger partial charge in [0.2, 0.25) is 0 Å². The van der Waals surface area contributed by atoms with Crippen LogP contribution in [-0.4, -0.2) is 47.4 Å². The molecule has 4 rings (SSSR count). The molecule has 0 fully saturated rings. The highest BCUT2D eigenvalue weighted by Crippen LogP contribution is 2.44. The lowest BCUT2D eigenvalue weighted by Gasteiger charge is -2.15. The van der Waals surface area contributed by atoms with E-state index in [4.69, 9.17) is 9.84 Å². The molecule has 8 nitrogen and oxygen atoms in total. The lowest BCUT2D eigenvalue weighted by atomic mass is 9.98. The molecular weight excluding hydrogens is 551 g/mol. The molecule has 1 aliphatic rings. The fraction of sp³-hybridized carbons (Fsp3) is 0.160. The van der Waals surface area contributed by atoms with Gasteiger partial charge >= 0.3 is 12.1 Å². The number of aliphatic hydroxyl groups is 1. The summed E-state index contributed by atoms with van der Waals surface area (Å²) in [6.45, 7) is -0.279. The van der Waals surface area contributed by atoms with Gasteiger partial charge in [-0.1, -0.05) is 48.5 Å². The molecule has 0 aromatic heterocycles. The standard InChI is InChI=1S/C25H21IN2O6/c26-15-9-14(23(30)27-12-22(29)24(31)32)10-16(11-15)28-25(33)34-13-21-19-7-3-1-5-17(19)18-6-2-4-8-20(18)21/h1-11,21-22,29H,12-13H2,(H,27,30)(H,28,33)(H,31,32). The number of hydrogen-bond acceptors (Lipinski definition) is 5. The van der Waals surface area contributed by atoms with Crippen LogP contribution in [-0.2, 0) is 9.53 Å². The fourth-order valence-electron chi connectivity index (χ4n) is 3.92. The highest BCUT2D eigenvalue weighted by molar-refractivity contribution is 14.1. The van der Waals surface area contributed by atoms with Crippen LogP contribution >= 0.6 is 22.6 Å². The average Bonchev–Trinajstić information content (AvgIpc) is 3.14. The molecule has 1 atom stereocenters. The summed E-state index contributed by atoms with van der Waals surface area (Å²) < 4.78 is 6.22. The maximum absolute atomic E-state index is 12.5. The molecule has 0 bridgehead atoms. The van der Waals surface area contributed by atoms with E-state index >= 15 is 0 Å². The van der Waals surface area contributed by atoms with Crippen molar-refractivity contribution in [3.8, 4) is 11.1 Å². The monoisotopic (exact) mass is 572 g/mol. The molecule has 2 amide bonds. The van der Waals surface area contributed by atoms with Gasteiger partial charge in [0.05, 0.1) is 6.54 Å². The highest BCUT2D eigenvalue weighted by Gasteiger charge is 2.29. The summed E-state index contributed by atoms with van der Waals surface area (Å²) in [5.74, 6) is -2.08. The number of ether oxygens (including phenoxy) is 1. The Morgan fingerprint density at radius 2 is 1.59 bits per heavy atom. The Kier molecular flexibility index (Phi) is 7.13. The van der Waals surface area contributed by atoms with Crippen molar-refractivity contribution in [2.24, 2.45) is 0 Å². The molecule has 3 aromatic rings. The van der Waals surface area contributed by atoms with Gasteiger partial charge in [-0.05, 0) is 63.0 Å². The quantitative estimate of drug-likeness (QED) is 0.319. The van der Waals surface area contributed by atoms with Crippen molar-refractivity contribution < 1.29 is 29.3 Å². The van der Waals surface area contributed by atoms with Crippen molar-refractivity contribution in [3.05, 3.63) is 87.0 Å². The number of aliphatic carboxylic acids is 1. The van der Waals surface area contributed by atoms with Gasteiger partial charge in [-0.25, -0.2) is 9.59 Å². The number of benzene rings is 3. The number of aliphatic hydroxyl groups excluding tert-OH is 1. The molecule has 1 unspecified atom stereocenters. The molecule has 4 N–H and O–H groups in total. The van der Waals surface area contributed by atoms with Gasteiger partial charge in [0.25, 0.3) is 5.91 Å². The zero-order valence-electron chi connectivity index (χ0n) is 17.8. The molecule has 0 spiro atoms. The van der Waals surface area contributed by atoms with Crippen LogP contribution in [0.2, 0.25) is 0 Å². The van der Waals surface area contributed by atoms with E-state index in [0.717, 1.165) is 22.3 Å². The second-order valence-electron chi connectivity index (χ2n) is 7.74. The van der Waals surface area contributed by atoms with Crippen molar-refractivity contribution >= 4 is 46.2 Å². The zero-order chi connectivity index (χ0) is 24.2. The number of carboxylic acid groups (broad SMARTS) is 1. The van der Waals surface area contributed by atoms with Crippen LogP contribution in [0.15, 0.2) is 66.7 Å². The zero-order valence-corrected chi connectivity index (χ0v) is 20.0. The lowest BCUT2D eigenvalue weighted by Crippen LogP contribution is -2.36. The smallest absolute Gasteiger partial charge is 0.411 e. The Labute approximate surface area is 209 Å². The van der Waals surface area contributed by atoms with Crippen LogP contribution < -0.4 is 10.6 Å². The van der Waals surface area contributed by atoms with E-state index in [1.165, 1.54) is 6.07 Å². The fourth-order valence-corrected chi connectivity index (χ4v) is 4.59. The Hall–Kier alpha value is -3.44. The van der Waals surface area contributed by atoms with Crippen LogP contribution in [0, 0.1) is 3.57 Å². The number of hydrogen-bond donors (Lipinski definition) is 4. The van der Waals surface area contributed by atoms with Crippen molar-refractivity contribution in [1.29, 1.82) is 0 Å². The first-order valence-electron chi connectivity index (χ1n) is 10.4. The Morgan fingerprint density at radius 3 is 2.21 bits per heavy atom. The Bertz CT molecular complexity index is 1220. The molecule has 0 saturated carbocycles. The van der Waals surface area contributed by atoms with Gasteiger partial charge in [0.1, 0.15) is 6.61 Å². The normalized spacial score (nSPS) is 12.9. The summed E-state index contributed by atoms with van der Waals surface area (Å²) in [7, 11) is 0. The van der Waals surface area contributed by atoms with Gasteiger partial charge in [0, 0.05) is 20.7 Å². The summed E-state index contributed by atoms with van der Waals surface area (Å²) in [4.78, 5) is 35.6. The molecule has 34 heavy (non-hydrogen) atoms. The third kappa shape index (κ3) is 5.20. The summed E-state index contributed by atoms with van der Waals surface area (Å²) in [6.07, 6.45) is -2.36. The number of anilines is 1. The third-order valence-electron chi connectivity index (χ3n) is 5.49. The first kappa shape index (κ1) is 23.7. The van der Waals surface area contributed by atoms with E-state index in [-0.39, 0.29) is 18.1 Å². The van der Waals surface area contributed by atoms with Gasteiger partial charge in [-0.2, -0.15) is 0 Å². The number of carbonyl (C=O) groups is 3. The molecule has 0 radical (unpaired) electrons. The molecule has 9 heteroatoms. The van der Waals surface area contributed by atoms with Gasteiger partial charge in [-0.3, -0.25) is 10.1 Å². The molecule has 174 valence electrons. The predicted molar refractivity (Wildman–Crippen MR) is 134 cm³/mol. The molecule has 0 saturated heterocycles. The minimum Gasteiger partial charge on any atom is -0.479 e. The summed E-state index contributed by atoms with van der Waals surface area (Å²) in [6, 6.07) is 20.8.